The Morgan fingerprint density at radius 1 is 1.17 bits per heavy atom. The van der Waals surface area contributed by atoms with Crippen molar-refractivity contribution in [3.05, 3.63) is 58.1 Å². The quantitative estimate of drug-likeness (QED) is 0.525. The molecule has 0 bridgehead atoms. The fraction of sp³-hybridized carbons (Fsp3) is 0.458. The second kappa shape index (κ2) is 7.67. The first-order chi connectivity index (χ1) is 13.8. The Kier molecular flexibility index (Phi) is 5.36. The molecule has 1 heterocycles. The molecule has 1 aliphatic heterocycles. The number of methoxy groups -OCH3 is 1. The summed E-state index contributed by atoms with van der Waals surface area (Å²) < 4.78 is 18.8. The summed E-state index contributed by atoms with van der Waals surface area (Å²) in [5.74, 6) is 1.86. The van der Waals surface area contributed by atoms with Gasteiger partial charge in [0.2, 0.25) is 0 Å². The minimum Gasteiger partial charge on any atom is -0.495 e. The lowest BCUT2D eigenvalue weighted by Crippen LogP contribution is -2.49. The zero-order valence-corrected chi connectivity index (χ0v) is 18.9. The van der Waals surface area contributed by atoms with Crippen LogP contribution in [0.3, 0.4) is 0 Å². The van der Waals surface area contributed by atoms with E-state index in [0.717, 1.165) is 34.4 Å². The topological polar surface area (TPSA) is 44.8 Å². The number of hydrogen-bond acceptors (Lipinski definition) is 4. The average Bonchev–Trinajstić information content (AvgIpc) is 2.69. The molecular weight excluding hydrogens is 432 g/mol. The Labute approximate surface area is 180 Å². The lowest BCUT2D eigenvalue weighted by molar-refractivity contribution is -0.161. The SMILES string of the molecule is COc1cc2c(cc1Br)[C@@H]1[C@H](CCC(OC(C)=O)C1(C)C)[C@@H](c1ccccc1)O2. The predicted octanol–water partition coefficient (Wildman–Crippen LogP) is 6.04. The van der Waals surface area contributed by atoms with E-state index in [4.69, 9.17) is 14.2 Å². The van der Waals surface area contributed by atoms with Crippen LogP contribution in [0.5, 0.6) is 11.5 Å². The zero-order valence-electron chi connectivity index (χ0n) is 17.3. The summed E-state index contributed by atoms with van der Waals surface area (Å²) in [5, 5.41) is 0. The van der Waals surface area contributed by atoms with Gasteiger partial charge in [-0.3, -0.25) is 4.79 Å². The number of esters is 1. The van der Waals surface area contributed by atoms with Gasteiger partial charge in [-0.1, -0.05) is 44.2 Å². The van der Waals surface area contributed by atoms with Crippen LogP contribution >= 0.6 is 15.9 Å². The molecular formula is C24H27BrO4. The number of hydrogen-bond donors (Lipinski definition) is 0. The molecule has 1 aliphatic carbocycles. The predicted molar refractivity (Wildman–Crippen MR) is 115 cm³/mol. The van der Waals surface area contributed by atoms with E-state index in [9.17, 15) is 4.79 Å². The maximum absolute atomic E-state index is 11.8. The number of rotatable bonds is 3. The van der Waals surface area contributed by atoms with E-state index in [2.05, 4.69) is 60.1 Å². The van der Waals surface area contributed by atoms with Crippen molar-refractivity contribution in [2.45, 2.75) is 51.7 Å². The van der Waals surface area contributed by atoms with E-state index in [1.165, 1.54) is 12.5 Å². The third-order valence-electron chi connectivity index (χ3n) is 6.52. The fourth-order valence-corrected chi connectivity index (χ4v) is 5.76. The van der Waals surface area contributed by atoms with E-state index >= 15 is 0 Å². The van der Waals surface area contributed by atoms with Gasteiger partial charge in [-0.2, -0.15) is 0 Å². The highest BCUT2D eigenvalue weighted by Crippen LogP contribution is 2.60. The number of fused-ring (bicyclic) bond motifs is 3. The van der Waals surface area contributed by atoms with Crippen molar-refractivity contribution in [2.24, 2.45) is 11.3 Å². The first kappa shape index (κ1) is 20.3. The normalized spacial score (nSPS) is 27.2. The smallest absolute Gasteiger partial charge is 0.302 e. The molecule has 0 amide bonds. The second-order valence-electron chi connectivity index (χ2n) is 8.61. The molecule has 1 fully saturated rings. The van der Waals surface area contributed by atoms with Gasteiger partial charge in [0.05, 0.1) is 11.6 Å². The Hall–Kier alpha value is -2.01. The van der Waals surface area contributed by atoms with Gasteiger partial charge in [0.25, 0.3) is 0 Å². The molecule has 5 heteroatoms. The van der Waals surface area contributed by atoms with Crippen molar-refractivity contribution in [3.8, 4) is 11.5 Å². The third-order valence-corrected chi connectivity index (χ3v) is 7.14. The Morgan fingerprint density at radius 2 is 1.90 bits per heavy atom. The van der Waals surface area contributed by atoms with Crippen LogP contribution in [0.1, 0.15) is 56.8 Å². The molecule has 154 valence electrons. The standard InChI is InChI=1S/C24H27BrO4/c1-14(26)28-21-11-10-16-22(24(21,2)3)17-12-18(25)20(27-4)13-19(17)29-23(16)15-8-6-5-7-9-15/h5-9,12-13,16,21-23H,10-11H2,1-4H3/t16-,21?,22-,23+/m0/s1. The molecule has 4 atom stereocenters. The largest absolute Gasteiger partial charge is 0.495 e. The first-order valence-electron chi connectivity index (χ1n) is 10.1. The van der Waals surface area contributed by atoms with Crippen molar-refractivity contribution < 1.29 is 19.0 Å². The van der Waals surface area contributed by atoms with Crippen LogP contribution in [0.15, 0.2) is 46.9 Å². The molecule has 29 heavy (non-hydrogen) atoms. The van der Waals surface area contributed by atoms with E-state index in [1.54, 1.807) is 7.11 Å². The summed E-state index contributed by atoms with van der Waals surface area (Å²) >= 11 is 3.64. The van der Waals surface area contributed by atoms with Crippen molar-refractivity contribution in [1.29, 1.82) is 0 Å². The number of carbonyl (C=O) groups excluding carboxylic acids is 1. The van der Waals surface area contributed by atoms with Crippen molar-refractivity contribution >= 4 is 21.9 Å². The Balaban J connectivity index is 1.85. The van der Waals surface area contributed by atoms with Crippen LogP contribution in [0.4, 0.5) is 0 Å². The first-order valence-corrected chi connectivity index (χ1v) is 10.9. The van der Waals surface area contributed by atoms with Crippen molar-refractivity contribution in [3.63, 3.8) is 0 Å². The van der Waals surface area contributed by atoms with Crippen LogP contribution in [-0.2, 0) is 9.53 Å². The molecule has 4 rings (SSSR count). The maximum Gasteiger partial charge on any atom is 0.302 e. The summed E-state index contributed by atoms with van der Waals surface area (Å²) in [6.07, 6.45) is 1.61. The van der Waals surface area contributed by atoms with Crippen LogP contribution in [0, 0.1) is 11.3 Å². The number of carbonyl (C=O) groups is 1. The molecule has 2 aliphatic rings. The number of benzene rings is 2. The Morgan fingerprint density at radius 3 is 2.55 bits per heavy atom. The molecule has 2 aromatic carbocycles. The maximum atomic E-state index is 11.8. The Bertz CT molecular complexity index is 909. The summed E-state index contributed by atoms with van der Waals surface area (Å²) in [6.45, 7) is 5.92. The summed E-state index contributed by atoms with van der Waals surface area (Å²) in [7, 11) is 1.66. The summed E-state index contributed by atoms with van der Waals surface area (Å²) in [6, 6.07) is 14.5. The van der Waals surface area contributed by atoms with Gasteiger partial charge in [0.1, 0.15) is 23.7 Å². The van der Waals surface area contributed by atoms with E-state index in [0.29, 0.717) is 5.92 Å². The van der Waals surface area contributed by atoms with Crippen LogP contribution in [0.2, 0.25) is 0 Å². The van der Waals surface area contributed by atoms with Gasteiger partial charge in [-0.15, -0.1) is 0 Å². The highest BCUT2D eigenvalue weighted by molar-refractivity contribution is 9.10. The number of halogens is 1. The monoisotopic (exact) mass is 458 g/mol. The van der Waals surface area contributed by atoms with Gasteiger partial charge < -0.3 is 14.2 Å². The van der Waals surface area contributed by atoms with Gasteiger partial charge in [0.15, 0.2) is 0 Å². The van der Waals surface area contributed by atoms with E-state index < -0.39 is 0 Å². The van der Waals surface area contributed by atoms with Gasteiger partial charge >= 0.3 is 5.97 Å². The lowest BCUT2D eigenvalue weighted by atomic mass is 9.57. The van der Waals surface area contributed by atoms with Gasteiger partial charge in [-0.25, -0.2) is 0 Å². The third kappa shape index (κ3) is 3.54. The zero-order chi connectivity index (χ0) is 20.8. The van der Waals surface area contributed by atoms with E-state index in [-0.39, 0.29) is 29.5 Å². The molecule has 1 unspecified atom stereocenters. The lowest BCUT2D eigenvalue weighted by Gasteiger charge is -2.53. The van der Waals surface area contributed by atoms with Crippen LogP contribution in [-0.4, -0.2) is 19.2 Å². The van der Waals surface area contributed by atoms with E-state index in [1.807, 2.05) is 12.1 Å². The summed E-state index contributed by atoms with van der Waals surface area (Å²) in [4.78, 5) is 11.8. The van der Waals surface area contributed by atoms with Crippen molar-refractivity contribution in [2.75, 3.05) is 7.11 Å². The summed E-state index contributed by atoms with van der Waals surface area (Å²) in [5.41, 5.74) is 2.10. The molecule has 0 saturated heterocycles. The van der Waals surface area contributed by atoms with Crippen LogP contribution in [0.25, 0.3) is 0 Å². The van der Waals surface area contributed by atoms with Crippen molar-refractivity contribution in [1.82, 2.24) is 0 Å². The highest BCUT2D eigenvalue weighted by Gasteiger charge is 2.53. The fourth-order valence-electron chi connectivity index (χ4n) is 5.24. The minimum atomic E-state index is -0.228. The molecule has 0 aromatic heterocycles. The molecule has 2 aromatic rings. The van der Waals surface area contributed by atoms with Crippen LogP contribution < -0.4 is 9.47 Å². The minimum absolute atomic E-state index is 0.0443. The molecule has 4 nitrogen and oxygen atoms in total. The molecule has 0 N–H and O–H groups in total. The number of ether oxygens (including phenoxy) is 3. The molecule has 0 spiro atoms. The van der Waals surface area contributed by atoms with Gasteiger partial charge in [-0.05, 0) is 46.0 Å². The average molecular weight is 459 g/mol. The highest BCUT2D eigenvalue weighted by atomic mass is 79.9. The second-order valence-corrected chi connectivity index (χ2v) is 9.47. The molecule has 0 radical (unpaired) electrons. The molecule has 1 saturated carbocycles. The van der Waals surface area contributed by atoms with Gasteiger partial charge in [0, 0.05) is 30.2 Å².